The largest absolute Gasteiger partial charge is 0.287 e. The number of nitrogens with one attached hydrogen (secondary N) is 1. The summed E-state index contributed by atoms with van der Waals surface area (Å²) in [4.78, 5) is 0. The number of rotatable bonds is 1. The van der Waals surface area contributed by atoms with Crippen LogP contribution >= 0.6 is 34.5 Å². The highest BCUT2D eigenvalue weighted by atomic mass is 127. The van der Waals surface area contributed by atoms with Gasteiger partial charge in [0.2, 0.25) is 5.96 Å². The van der Waals surface area contributed by atoms with Gasteiger partial charge in [-0.15, -0.1) is 0 Å². The van der Waals surface area contributed by atoms with Crippen molar-refractivity contribution in [1.29, 1.82) is 5.41 Å². The number of hydrogen-bond donors (Lipinski definition) is 1. The third-order valence-electron chi connectivity index (χ3n) is 2.52. The second-order valence-electron chi connectivity index (χ2n) is 3.70. The van der Waals surface area contributed by atoms with Crippen LogP contribution in [0.15, 0.2) is 29.4 Å². The lowest BCUT2D eigenvalue weighted by Gasteiger charge is -2.18. The maximum Gasteiger partial charge on any atom is 0.223 e. The van der Waals surface area contributed by atoms with Crippen LogP contribution in [-0.2, 0) is 0 Å². The Kier molecular flexibility index (Phi) is 3.88. The minimum atomic E-state index is 0.382. The van der Waals surface area contributed by atoms with Crippen LogP contribution in [0.1, 0.15) is 12.0 Å². The second-order valence-corrected chi connectivity index (χ2v) is 5.55. The van der Waals surface area contributed by atoms with E-state index in [1.54, 1.807) is 8.12 Å². The van der Waals surface area contributed by atoms with E-state index < -0.39 is 0 Å². The second kappa shape index (κ2) is 5.22. The van der Waals surface area contributed by atoms with E-state index in [1.165, 1.54) is 0 Å². The summed E-state index contributed by atoms with van der Waals surface area (Å²) < 4.78 is 1.71. The number of hydrogen-bond acceptors (Lipinski definition) is 2. The molecule has 0 radical (unpaired) electrons. The molecule has 4 nitrogen and oxygen atoms in total. The van der Waals surface area contributed by atoms with Crippen molar-refractivity contribution in [2.75, 3.05) is 13.6 Å². The Balaban J connectivity index is 2.23. The van der Waals surface area contributed by atoms with E-state index >= 15 is 0 Å². The van der Waals surface area contributed by atoms with Gasteiger partial charge in [-0.1, -0.05) is 29.8 Å². The van der Waals surface area contributed by atoms with Crippen molar-refractivity contribution in [3.05, 3.63) is 34.9 Å². The van der Waals surface area contributed by atoms with E-state index in [0.29, 0.717) is 11.0 Å². The first-order chi connectivity index (χ1) is 8.09. The Morgan fingerprint density at radius 2 is 2.24 bits per heavy atom. The molecule has 0 aliphatic carbocycles. The summed E-state index contributed by atoms with van der Waals surface area (Å²) in [7, 11) is 1.83. The fraction of sp³-hybridized carbons (Fsp3) is 0.273. The summed E-state index contributed by atoms with van der Waals surface area (Å²) in [6.07, 6.45) is 0.816. The van der Waals surface area contributed by atoms with Gasteiger partial charge in [-0.3, -0.25) is 8.52 Å². The lowest BCUT2D eigenvalue weighted by atomic mass is 10.1. The molecule has 0 unspecified atom stereocenters. The number of halogens is 2. The van der Waals surface area contributed by atoms with Crippen LogP contribution in [0.5, 0.6) is 0 Å². The third-order valence-corrected chi connectivity index (χ3v) is 3.31. The van der Waals surface area contributed by atoms with Gasteiger partial charge in [0.1, 0.15) is 0 Å². The number of nitrogens with zero attached hydrogens (tertiary/aromatic N) is 3. The molecule has 0 amide bonds. The molecule has 0 aromatic heterocycles. The van der Waals surface area contributed by atoms with Crippen LogP contribution in [0.25, 0.3) is 0 Å². The van der Waals surface area contributed by atoms with E-state index in [4.69, 9.17) is 17.0 Å². The molecule has 0 fully saturated rings. The SMILES string of the molecule is CN(I)C(=N)N1CCC(c2ccccc2Cl)=N1. The summed E-state index contributed by atoms with van der Waals surface area (Å²) in [5.74, 6) is 0.382. The zero-order chi connectivity index (χ0) is 12.4. The van der Waals surface area contributed by atoms with E-state index in [-0.39, 0.29) is 0 Å². The van der Waals surface area contributed by atoms with Gasteiger partial charge in [0.25, 0.3) is 0 Å². The molecule has 0 spiro atoms. The fourth-order valence-electron chi connectivity index (χ4n) is 1.65. The van der Waals surface area contributed by atoms with Crippen molar-refractivity contribution >= 4 is 46.1 Å². The zero-order valence-corrected chi connectivity index (χ0v) is 12.2. The smallest absolute Gasteiger partial charge is 0.223 e. The number of hydrazone groups is 1. The fourth-order valence-corrected chi connectivity index (χ4v) is 2.15. The summed E-state index contributed by atoms with van der Waals surface area (Å²) in [5.41, 5.74) is 1.90. The molecule has 1 aromatic rings. The highest BCUT2D eigenvalue weighted by Crippen LogP contribution is 2.21. The molecule has 1 aliphatic heterocycles. The Hall–Kier alpha value is -0.820. The van der Waals surface area contributed by atoms with Crippen molar-refractivity contribution in [3.63, 3.8) is 0 Å². The quantitative estimate of drug-likeness (QED) is 0.361. The highest BCUT2D eigenvalue weighted by Gasteiger charge is 2.21. The lowest BCUT2D eigenvalue weighted by molar-refractivity contribution is 0.452. The lowest BCUT2D eigenvalue weighted by Crippen LogP contribution is -2.31. The summed E-state index contributed by atoms with van der Waals surface area (Å²) in [6.45, 7) is 0.729. The zero-order valence-electron chi connectivity index (χ0n) is 9.32. The van der Waals surface area contributed by atoms with Crippen LogP contribution in [0, 0.1) is 5.41 Å². The average molecular weight is 363 g/mol. The predicted molar refractivity (Wildman–Crippen MR) is 78.8 cm³/mol. The molecule has 0 atom stereocenters. The first-order valence-electron chi connectivity index (χ1n) is 5.17. The minimum Gasteiger partial charge on any atom is -0.287 e. The predicted octanol–water partition coefficient (Wildman–Crippen LogP) is 2.97. The molecule has 6 heteroatoms. The van der Waals surface area contributed by atoms with Crippen LogP contribution in [-0.4, -0.2) is 33.4 Å². The number of benzene rings is 1. The Labute approximate surface area is 119 Å². The van der Waals surface area contributed by atoms with Crippen molar-refractivity contribution in [2.24, 2.45) is 5.10 Å². The topological polar surface area (TPSA) is 42.7 Å². The minimum absolute atomic E-state index is 0.382. The Morgan fingerprint density at radius 1 is 1.53 bits per heavy atom. The summed E-state index contributed by atoms with van der Waals surface area (Å²) in [5, 5.41) is 14.7. The molecule has 1 aliphatic rings. The third kappa shape index (κ3) is 2.71. The van der Waals surface area contributed by atoms with Crippen molar-refractivity contribution in [2.45, 2.75) is 6.42 Å². The van der Waals surface area contributed by atoms with Crippen LogP contribution in [0.4, 0.5) is 0 Å². The Morgan fingerprint density at radius 3 is 2.88 bits per heavy atom. The first-order valence-corrected chi connectivity index (χ1v) is 6.52. The molecule has 0 saturated carbocycles. The van der Waals surface area contributed by atoms with Gasteiger partial charge in [0, 0.05) is 24.1 Å². The molecule has 0 bridgehead atoms. The summed E-state index contributed by atoms with van der Waals surface area (Å²) in [6, 6.07) is 7.67. The average Bonchev–Trinajstić information content (AvgIpc) is 2.77. The van der Waals surface area contributed by atoms with E-state index in [2.05, 4.69) is 28.0 Å². The van der Waals surface area contributed by atoms with Crippen molar-refractivity contribution < 1.29 is 0 Å². The monoisotopic (exact) mass is 362 g/mol. The van der Waals surface area contributed by atoms with E-state index in [0.717, 1.165) is 24.2 Å². The van der Waals surface area contributed by atoms with Crippen LogP contribution in [0.2, 0.25) is 5.02 Å². The van der Waals surface area contributed by atoms with Gasteiger partial charge in [0.05, 0.1) is 35.1 Å². The summed E-state index contributed by atoms with van der Waals surface area (Å²) >= 11 is 8.19. The van der Waals surface area contributed by atoms with Crippen molar-refractivity contribution in [3.8, 4) is 0 Å². The van der Waals surface area contributed by atoms with Crippen molar-refractivity contribution in [1.82, 2.24) is 8.12 Å². The van der Waals surface area contributed by atoms with Gasteiger partial charge in [-0.05, 0) is 6.07 Å². The maximum atomic E-state index is 7.85. The maximum absolute atomic E-state index is 7.85. The molecule has 90 valence electrons. The van der Waals surface area contributed by atoms with Crippen LogP contribution in [0.3, 0.4) is 0 Å². The van der Waals surface area contributed by atoms with E-state index in [1.807, 2.05) is 31.3 Å². The van der Waals surface area contributed by atoms with Gasteiger partial charge >= 0.3 is 0 Å². The number of guanidine groups is 1. The van der Waals surface area contributed by atoms with Gasteiger partial charge in [-0.25, -0.2) is 5.01 Å². The van der Waals surface area contributed by atoms with E-state index in [9.17, 15) is 0 Å². The molecule has 1 N–H and O–H groups in total. The first kappa shape index (κ1) is 12.6. The van der Waals surface area contributed by atoms with Gasteiger partial charge in [-0.2, -0.15) is 5.10 Å². The molecule has 1 heterocycles. The van der Waals surface area contributed by atoms with Gasteiger partial charge < -0.3 is 0 Å². The standard InChI is InChI=1S/C11H12ClIN4/c1-16(13)11(14)17-7-6-10(15-17)8-4-2-3-5-9(8)12/h2-5,14H,6-7H2,1H3. The van der Waals surface area contributed by atoms with Gasteiger partial charge in [0.15, 0.2) is 0 Å². The highest BCUT2D eigenvalue weighted by molar-refractivity contribution is 14.1. The molecule has 2 rings (SSSR count). The molecule has 0 saturated heterocycles. The molecule has 1 aromatic carbocycles. The Bertz CT molecular complexity index is 472. The normalized spacial score (nSPS) is 14.8. The molecular formula is C11H12ClIN4. The molecule has 17 heavy (non-hydrogen) atoms. The molecular weight excluding hydrogens is 351 g/mol. The van der Waals surface area contributed by atoms with Crippen LogP contribution < -0.4 is 0 Å².